The van der Waals surface area contributed by atoms with Crippen LogP contribution in [0.15, 0.2) is 16.9 Å². The summed E-state index contributed by atoms with van der Waals surface area (Å²) in [4.78, 5) is 28.6. The van der Waals surface area contributed by atoms with Gasteiger partial charge in [-0.1, -0.05) is 6.07 Å². The molecule has 8 heteroatoms. The molecule has 1 aromatic heterocycles. The van der Waals surface area contributed by atoms with Crippen molar-refractivity contribution in [2.75, 3.05) is 39.4 Å². The molecule has 33 heavy (non-hydrogen) atoms. The second-order valence-electron chi connectivity index (χ2n) is 10.2. The van der Waals surface area contributed by atoms with Crippen LogP contribution in [-0.2, 0) is 4.74 Å². The van der Waals surface area contributed by atoms with E-state index in [0.717, 1.165) is 42.6 Å². The fourth-order valence-corrected chi connectivity index (χ4v) is 5.24. The standard InChI is InChI=1S/C25H38N4O4/c1-17(2)28-22-19(4)18(3)5-6-21(22)29(24(28)31)23(30)26-15-20-7-11-27(12-8-20)16-25(32)9-13-33-14-10-25/h5-6,17,20,32H,7-16H2,1-4H3,(H,26,30). The Morgan fingerprint density at radius 3 is 2.52 bits per heavy atom. The Morgan fingerprint density at radius 2 is 1.88 bits per heavy atom. The highest BCUT2D eigenvalue weighted by Gasteiger charge is 2.33. The average Bonchev–Trinajstić information content (AvgIpc) is 3.08. The first-order chi connectivity index (χ1) is 15.7. The van der Waals surface area contributed by atoms with E-state index in [4.69, 9.17) is 4.74 Å². The highest BCUT2D eigenvalue weighted by atomic mass is 16.5. The van der Waals surface area contributed by atoms with Gasteiger partial charge < -0.3 is 20.1 Å². The molecular formula is C25H38N4O4. The first-order valence-corrected chi connectivity index (χ1v) is 12.2. The molecule has 0 saturated carbocycles. The van der Waals surface area contributed by atoms with Gasteiger partial charge in [-0.15, -0.1) is 0 Å². The number of hydrogen-bond donors (Lipinski definition) is 2. The van der Waals surface area contributed by atoms with Gasteiger partial charge in [-0.3, -0.25) is 4.57 Å². The lowest BCUT2D eigenvalue weighted by molar-refractivity contribution is -0.0829. The molecule has 0 bridgehead atoms. The molecule has 2 saturated heterocycles. The predicted octanol–water partition coefficient (Wildman–Crippen LogP) is 2.81. The number of aliphatic hydroxyl groups is 1. The van der Waals surface area contributed by atoms with Gasteiger partial charge in [-0.2, -0.15) is 0 Å². The van der Waals surface area contributed by atoms with Gasteiger partial charge >= 0.3 is 11.7 Å². The summed E-state index contributed by atoms with van der Waals surface area (Å²) in [6, 6.07) is 3.45. The maximum absolute atomic E-state index is 13.2. The third-order valence-electron chi connectivity index (χ3n) is 7.47. The van der Waals surface area contributed by atoms with Gasteiger partial charge in [0.2, 0.25) is 0 Å². The number of carbonyl (C=O) groups excluding carboxylic acids is 1. The molecule has 0 spiro atoms. The third-order valence-corrected chi connectivity index (χ3v) is 7.47. The number of ether oxygens (including phenoxy) is 1. The second kappa shape index (κ2) is 9.60. The van der Waals surface area contributed by atoms with Crippen LogP contribution in [0, 0.1) is 19.8 Å². The van der Waals surface area contributed by atoms with E-state index in [9.17, 15) is 14.7 Å². The van der Waals surface area contributed by atoms with E-state index in [2.05, 4.69) is 10.2 Å². The topological polar surface area (TPSA) is 88.7 Å². The molecule has 2 aromatic rings. The molecular weight excluding hydrogens is 420 g/mol. The fraction of sp³-hybridized carbons (Fsp3) is 0.680. The number of aryl methyl sites for hydroxylation is 2. The Morgan fingerprint density at radius 1 is 1.21 bits per heavy atom. The van der Waals surface area contributed by atoms with Crippen molar-refractivity contribution in [2.24, 2.45) is 5.92 Å². The summed E-state index contributed by atoms with van der Waals surface area (Å²) in [5.41, 5.74) is 2.71. The molecule has 4 rings (SSSR count). The van der Waals surface area contributed by atoms with Crippen LogP contribution in [0.5, 0.6) is 0 Å². The number of nitrogens with zero attached hydrogens (tertiary/aromatic N) is 3. The lowest BCUT2D eigenvalue weighted by Crippen LogP contribution is -2.49. The number of rotatable bonds is 5. The minimum absolute atomic E-state index is 0.0376. The number of likely N-dealkylation sites (tertiary alicyclic amines) is 1. The maximum Gasteiger partial charge on any atom is 0.337 e. The van der Waals surface area contributed by atoms with Crippen LogP contribution in [0.3, 0.4) is 0 Å². The van der Waals surface area contributed by atoms with Crippen molar-refractivity contribution in [1.29, 1.82) is 0 Å². The average molecular weight is 459 g/mol. The van der Waals surface area contributed by atoms with E-state index in [1.54, 1.807) is 4.57 Å². The lowest BCUT2D eigenvalue weighted by Gasteiger charge is -2.39. The van der Waals surface area contributed by atoms with Gasteiger partial charge in [-0.05, 0) is 76.7 Å². The molecule has 182 valence electrons. The summed E-state index contributed by atoms with van der Waals surface area (Å²) in [6.07, 6.45) is 3.32. The molecule has 2 aliphatic heterocycles. The summed E-state index contributed by atoms with van der Waals surface area (Å²) >= 11 is 0. The number of amides is 1. The summed E-state index contributed by atoms with van der Waals surface area (Å²) in [5.74, 6) is 0.368. The van der Waals surface area contributed by atoms with E-state index in [-0.39, 0.29) is 17.8 Å². The molecule has 1 aromatic carbocycles. The number of fused-ring (bicyclic) bond motifs is 1. The number of aromatic nitrogens is 2. The van der Waals surface area contributed by atoms with Crippen molar-refractivity contribution in [1.82, 2.24) is 19.4 Å². The molecule has 2 aliphatic rings. The van der Waals surface area contributed by atoms with Crippen LogP contribution in [-0.4, -0.2) is 70.2 Å². The Balaban J connectivity index is 1.39. The van der Waals surface area contributed by atoms with E-state index < -0.39 is 5.60 Å². The zero-order valence-electron chi connectivity index (χ0n) is 20.4. The largest absolute Gasteiger partial charge is 0.388 e. The molecule has 2 N–H and O–H groups in total. The van der Waals surface area contributed by atoms with Crippen LogP contribution >= 0.6 is 0 Å². The quantitative estimate of drug-likeness (QED) is 0.719. The van der Waals surface area contributed by atoms with Crippen molar-refractivity contribution in [3.63, 3.8) is 0 Å². The first-order valence-electron chi connectivity index (χ1n) is 12.2. The lowest BCUT2D eigenvalue weighted by atomic mass is 9.91. The van der Waals surface area contributed by atoms with Crippen LogP contribution < -0.4 is 11.0 Å². The molecule has 3 heterocycles. The number of imidazole rings is 1. The Hall–Kier alpha value is -2.16. The predicted molar refractivity (Wildman–Crippen MR) is 129 cm³/mol. The van der Waals surface area contributed by atoms with Crippen molar-refractivity contribution in [2.45, 2.75) is 65.0 Å². The molecule has 8 nitrogen and oxygen atoms in total. The van der Waals surface area contributed by atoms with E-state index in [0.29, 0.717) is 50.6 Å². The van der Waals surface area contributed by atoms with Gasteiger partial charge in [0.15, 0.2) is 0 Å². The van der Waals surface area contributed by atoms with Crippen LogP contribution in [0.4, 0.5) is 4.79 Å². The smallest absolute Gasteiger partial charge is 0.337 e. The minimum Gasteiger partial charge on any atom is -0.388 e. The van der Waals surface area contributed by atoms with Crippen LogP contribution in [0.2, 0.25) is 0 Å². The van der Waals surface area contributed by atoms with Gasteiger partial charge in [0.1, 0.15) is 0 Å². The molecule has 0 radical (unpaired) electrons. The van der Waals surface area contributed by atoms with E-state index >= 15 is 0 Å². The van der Waals surface area contributed by atoms with Gasteiger partial charge in [0, 0.05) is 45.2 Å². The van der Waals surface area contributed by atoms with Gasteiger partial charge in [0.05, 0.1) is 16.6 Å². The summed E-state index contributed by atoms with van der Waals surface area (Å²) in [6.45, 7) is 12.3. The number of benzene rings is 1. The Bertz CT molecular complexity index is 1060. The zero-order valence-corrected chi connectivity index (χ0v) is 20.4. The van der Waals surface area contributed by atoms with Gasteiger partial charge in [-0.25, -0.2) is 14.2 Å². The SMILES string of the molecule is Cc1ccc2c(c1C)n(C(C)C)c(=O)n2C(=O)NCC1CCN(CC2(O)CCOCC2)CC1. The number of hydrogen-bond acceptors (Lipinski definition) is 5. The number of nitrogens with one attached hydrogen (secondary N) is 1. The van der Waals surface area contributed by atoms with Crippen molar-refractivity contribution < 1.29 is 14.6 Å². The highest BCUT2D eigenvalue weighted by molar-refractivity contribution is 5.91. The second-order valence-corrected chi connectivity index (χ2v) is 10.2. The van der Waals surface area contributed by atoms with Crippen molar-refractivity contribution in [3.8, 4) is 0 Å². The fourth-order valence-electron chi connectivity index (χ4n) is 5.24. The minimum atomic E-state index is -0.637. The molecule has 0 unspecified atom stereocenters. The Labute approximate surface area is 195 Å². The summed E-state index contributed by atoms with van der Waals surface area (Å²) < 4.78 is 8.39. The Kier molecular flexibility index (Phi) is 6.98. The number of carbonyl (C=O) groups is 1. The van der Waals surface area contributed by atoms with Gasteiger partial charge in [0.25, 0.3) is 0 Å². The number of piperidine rings is 1. The maximum atomic E-state index is 13.2. The van der Waals surface area contributed by atoms with Crippen LogP contribution in [0.1, 0.15) is 56.7 Å². The molecule has 0 aliphatic carbocycles. The summed E-state index contributed by atoms with van der Waals surface area (Å²) in [5, 5.41) is 13.8. The monoisotopic (exact) mass is 458 g/mol. The first kappa shape index (κ1) is 24.0. The molecule has 1 amide bonds. The van der Waals surface area contributed by atoms with Crippen molar-refractivity contribution in [3.05, 3.63) is 33.7 Å². The number of β-amino-alcohol motifs (C(OH)–C–C–N with tert-alkyl or cyclic N) is 1. The van der Waals surface area contributed by atoms with Crippen molar-refractivity contribution >= 4 is 17.1 Å². The molecule has 0 atom stereocenters. The molecule has 2 fully saturated rings. The van der Waals surface area contributed by atoms with E-state index in [1.807, 2.05) is 39.8 Å². The summed E-state index contributed by atoms with van der Waals surface area (Å²) in [7, 11) is 0. The normalized spacial score (nSPS) is 19.9. The highest BCUT2D eigenvalue weighted by Crippen LogP contribution is 2.26. The zero-order chi connectivity index (χ0) is 23.8. The van der Waals surface area contributed by atoms with Crippen LogP contribution in [0.25, 0.3) is 11.0 Å². The van der Waals surface area contributed by atoms with E-state index in [1.165, 1.54) is 4.57 Å². The third kappa shape index (κ3) is 4.88.